The number of fused-ring (bicyclic) bond motifs is 2. The highest BCUT2D eigenvalue weighted by Gasteiger charge is 2.50. The molecule has 2 aromatic rings. The first-order valence-corrected chi connectivity index (χ1v) is 13.3. The van der Waals surface area contributed by atoms with Gasteiger partial charge in [-0.3, -0.25) is 14.4 Å². The number of likely N-dealkylation sites (tertiary alicyclic amines) is 1. The standard InChI is InChI=1S/C27H36N4O4S/c1-26(2)13-21-14-27(3,17-26)18-31(21)23(33)12-20-16-36-25(28-20)29-22(32)15-30(10-11-35-4)24(34)19-8-6-5-7-9-19/h5-9,16,21H,10-15,17-18H2,1-4H3,(H,28,29,32). The Morgan fingerprint density at radius 1 is 1.19 bits per heavy atom. The highest BCUT2D eigenvalue weighted by molar-refractivity contribution is 7.13. The number of rotatable bonds is 9. The van der Waals surface area contributed by atoms with Gasteiger partial charge >= 0.3 is 0 Å². The van der Waals surface area contributed by atoms with Crippen LogP contribution in [0.2, 0.25) is 0 Å². The van der Waals surface area contributed by atoms with Crippen molar-refractivity contribution in [1.29, 1.82) is 0 Å². The number of anilines is 1. The van der Waals surface area contributed by atoms with Crippen LogP contribution >= 0.6 is 11.3 Å². The molecule has 4 rings (SSSR count). The molecule has 8 nitrogen and oxygen atoms in total. The molecule has 1 aliphatic carbocycles. The zero-order valence-corrected chi connectivity index (χ0v) is 22.4. The minimum absolute atomic E-state index is 0.101. The Morgan fingerprint density at radius 3 is 2.67 bits per heavy atom. The fourth-order valence-corrected chi connectivity index (χ4v) is 6.73. The summed E-state index contributed by atoms with van der Waals surface area (Å²) in [7, 11) is 1.56. The van der Waals surface area contributed by atoms with Gasteiger partial charge < -0.3 is 19.9 Å². The predicted molar refractivity (Wildman–Crippen MR) is 140 cm³/mol. The third-order valence-corrected chi connectivity index (χ3v) is 7.88. The lowest BCUT2D eigenvalue weighted by Crippen LogP contribution is -2.40. The molecule has 2 bridgehead atoms. The van der Waals surface area contributed by atoms with Crippen LogP contribution in [-0.2, 0) is 20.7 Å². The van der Waals surface area contributed by atoms with Crippen molar-refractivity contribution in [2.24, 2.45) is 10.8 Å². The van der Waals surface area contributed by atoms with Gasteiger partial charge in [-0.15, -0.1) is 11.3 Å². The van der Waals surface area contributed by atoms with Crippen LogP contribution in [0.4, 0.5) is 5.13 Å². The lowest BCUT2D eigenvalue weighted by Gasteiger charge is -2.39. The van der Waals surface area contributed by atoms with E-state index in [2.05, 4.69) is 36.0 Å². The summed E-state index contributed by atoms with van der Waals surface area (Å²) < 4.78 is 5.11. The molecule has 2 heterocycles. The van der Waals surface area contributed by atoms with E-state index >= 15 is 0 Å². The minimum Gasteiger partial charge on any atom is -0.383 e. The van der Waals surface area contributed by atoms with Crippen LogP contribution in [0.1, 0.15) is 56.1 Å². The molecule has 3 amide bonds. The third kappa shape index (κ3) is 6.31. The number of hydrogen-bond donors (Lipinski definition) is 1. The normalized spacial score (nSPS) is 22.3. The second kappa shape index (κ2) is 10.7. The molecule has 36 heavy (non-hydrogen) atoms. The molecule has 2 unspecified atom stereocenters. The first-order valence-electron chi connectivity index (χ1n) is 12.4. The maximum atomic E-state index is 13.1. The maximum Gasteiger partial charge on any atom is 0.254 e. The topological polar surface area (TPSA) is 91.8 Å². The number of nitrogens with one attached hydrogen (secondary N) is 1. The number of hydrogen-bond acceptors (Lipinski definition) is 6. The van der Waals surface area contributed by atoms with Gasteiger partial charge in [-0.25, -0.2) is 4.98 Å². The fourth-order valence-electron chi connectivity index (χ4n) is 6.00. The number of benzene rings is 1. The van der Waals surface area contributed by atoms with E-state index in [9.17, 15) is 14.4 Å². The van der Waals surface area contributed by atoms with Crippen LogP contribution in [-0.4, -0.2) is 71.9 Å². The SMILES string of the molecule is COCCN(CC(=O)Nc1nc(CC(=O)N2CC3(C)CC2CC(C)(C)C3)cs1)C(=O)c1ccccc1. The number of methoxy groups -OCH3 is 1. The molecule has 194 valence electrons. The van der Waals surface area contributed by atoms with E-state index < -0.39 is 0 Å². The molecule has 2 atom stereocenters. The van der Waals surface area contributed by atoms with E-state index in [1.54, 1.807) is 31.4 Å². The maximum absolute atomic E-state index is 13.1. The van der Waals surface area contributed by atoms with Crippen molar-refractivity contribution in [2.75, 3.05) is 38.7 Å². The molecule has 0 radical (unpaired) electrons. The van der Waals surface area contributed by atoms with Gasteiger partial charge in [0, 0.05) is 37.2 Å². The molecule has 1 aliphatic heterocycles. The summed E-state index contributed by atoms with van der Waals surface area (Å²) in [5, 5.41) is 5.03. The van der Waals surface area contributed by atoms with E-state index in [1.165, 1.54) is 16.2 Å². The molecule has 1 saturated carbocycles. The fraction of sp³-hybridized carbons (Fsp3) is 0.556. The first-order chi connectivity index (χ1) is 17.1. The molecular weight excluding hydrogens is 476 g/mol. The summed E-state index contributed by atoms with van der Waals surface area (Å²) in [6.45, 7) is 8.19. The molecule has 1 saturated heterocycles. The van der Waals surface area contributed by atoms with Crippen molar-refractivity contribution < 1.29 is 19.1 Å². The van der Waals surface area contributed by atoms with Gasteiger partial charge in [-0.2, -0.15) is 0 Å². The Bertz CT molecular complexity index is 1100. The summed E-state index contributed by atoms with van der Waals surface area (Å²) >= 11 is 1.29. The Kier molecular flexibility index (Phi) is 7.80. The van der Waals surface area contributed by atoms with Crippen molar-refractivity contribution in [1.82, 2.24) is 14.8 Å². The quantitative estimate of drug-likeness (QED) is 0.551. The second-order valence-corrected chi connectivity index (χ2v) is 12.0. The lowest BCUT2D eigenvalue weighted by molar-refractivity contribution is -0.131. The van der Waals surface area contributed by atoms with Crippen LogP contribution in [0.3, 0.4) is 0 Å². The van der Waals surface area contributed by atoms with Crippen LogP contribution in [0.5, 0.6) is 0 Å². The van der Waals surface area contributed by atoms with E-state index in [0.29, 0.717) is 35.6 Å². The highest BCUT2D eigenvalue weighted by atomic mass is 32.1. The average Bonchev–Trinajstić information content (AvgIpc) is 3.35. The Morgan fingerprint density at radius 2 is 1.94 bits per heavy atom. The van der Waals surface area contributed by atoms with Gasteiger partial charge in [0.05, 0.1) is 18.7 Å². The molecule has 2 aliphatic rings. The van der Waals surface area contributed by atoms with Crippen LogP contribution in [0, 0.1) is 10.8 Å². The van der Waals surface area contributed by atoms with Gasteiger partial charge in [-0.1, -0.05) is 39.0 Å². The van der Waals surface area contributed by atoms with Gasteiger partial charge in [0.25, 0.3) is 5.91 Å². The summed E-state index contributed by atoms with van der Waals surface area (Å²) in [5.41, 5.74) is 1.61. The smallest absolute Gasteiger partial charge is 0.254 e. The number of carbonyl (C=O) groups is 3. The largest absolute Gasteiger partial charge is 0.383 e. The summed E-state index contributed by atoms with van der Waals surface area (Å²) in [4.78, 5) is 46.7. The second-order valence-electron chi connectivity index (χ2n) is 11.2. The van der Waals surface area contributed by atoms with Crippen LogP contribution < -0.4 is 5.32 Å². The third-order valence-electron chi connectivity index (χ3n) is 7.07. The van der Waals surface area contributed by atoms with E-state index in [1.807, 2.05) is 11.4 Å². The Balaban J connectivity index is 1.34. The van der Waals surface area contributed by atoms with Gasteiger partial charge in [0.1, 0.15) is 6.54 Å². The van der Waals surface area contributed by atoms with Gasteiger partial charge in [0.15, 0.2) is 5.13 Å². The summed E-state index contributed by atoms with van der Waals surface area (Å²) in [6.07, 6.45) is 3.48. The van der Waals surface area contributed by atoms with Crippen LogP contribution in [0.15, 0.2) is 35.7 Å². The first kappa shape index (κ1) is 26.3. The Hall–Kier alpha value is -2.78. The molecule has 0 spiro atoms. The Labute approximate surface area is 217 Å². The van der Waals surface area contributed by atoms with Crippen molar-refractivity contribution in [3.05, 3.63) is 47.0 Å². The zero-order chi connectivity index (χ0) is 25.9. The molecule has 2 fully saturated rings. The minimum atomic E-state index is -0.342. The summed E-state index contributed by atoms with van der Waals surface area (Å²) in [5.74, 6) is -0.476. The van der Waals surface area contributed by atoms with Gasteiger partial charge in [-0.05, 0) is 42.2 Å². The monoisotopic (exact) mass is 512 g/mol. The number of nitrogens with zero attached hydrogens (tertiary/aromatic N) is 3. The van der Waals surface area contributed by atoms with E-state index in [0.717, 1.165) is 25.8 Å². The molecular formula is C27H36N4O4S. The van der Waals surface area contributed by atoms with Crippen molar-refractivity contribution in [3.8, 4) is 0 Å². The predicted octanol–water partition coefficient (Wildman–Crippen LogP) is 3.84. The number of thiazole rings is 1. The molecule has 9 heteroatoms. The molecule has 1 aromatic carbocycles. The van der Waals surface area contributed by atoms with Crippen LogP contribution in [0.25, 0.3) is 0 Å². The highest BCUT2D eigenvalue weighted by Crippen LogP contribution is 2.52. The number of carbonyl (C=O) groups excluding carboxylic acids is 3. The number of amides is 3. The van der Waals surface area contributed by atoms with Gasteiger partial charge in [0.2, 0.25) is 11.8 Å². The van der Waals surface area contributed by atoms with E-state index in [-0.39, 0.29) is 41.5 Å². The van der Waals surface area contributed by atoms with Crippen molar-refractivity contribution in [2.45, 2.75) is 52.5 Å². The zero-order valence-electron chi connectivity index (χ0n) is 21.6. The molecule has 1 aromatic heterocycles. The number of aromatic nitrogens is 1. The summed E-state index contributed by atoms with van der Waals surface area (Å²) in [6, 6.07) is 9.15. The average molecular weight is 513 g/mol. The van der Waals surface area contributed by atoms with Crippen molar-refractivity contribution >= 4 is 34.2 Å². The number of ether oxygens (including phenoxy) is 1. The molecule has 1 N–H and O–H groups in total. The lowest BCUT2D eigenvalue weighted by atomic mass is 9.65. The van der Waals surface area contributed by atoms with E-state index in [4.69, 9.17) is 4.74 Å². The van der Waals surface area contributed by atoms with Crippen molar-refractivity contribution in [3.63, 3.8) is 0 Å².